The first-order chi connectivity index (χ1) is 5.56. The topological polar surface area (TPSA) is 67.5 Å². The lowest BCUT2D eigenvalue weighted by Crippen LogP contribution is -2.35. The summed E-state index contributed by atoms with van der Waals surface area (Å²) in [6.07, 6.45) is 0.587. The average Bonchev–Trinajstić information content (AvgIpc) is 1.99. The van der Waals surface area contributed by atoms with Gasteiger partial charge in [-0.1, -0.05) is 6.92 Å². The fourth-order valence-corrected chi connectivity index (χ4v) is 0.921. The monoisotopic (exact) mass is 171 g/mol. The van der Waals surface area contributed by atoms with E-state index in [1.165, 1.54) is 0 Å². The first-order valence-electron chi connectivity index (χ1n) is 4.01. The number of carbonyl (C=O) groups excluding carboxylic acids is 1. The van der Waals surface area contributed by atoms with Crippen molar-refractivity contribution in [1.82, 2.24) is 5.32 Å². The second kappa shape index (κ2) is 5.57. The zero-order valence-electron chi connectivity index (χ0n) is 7.92. The van der Waals surface area contributed by atoms with Crippen LogP contribution < -0.4 is 11.1 Å². The Labute approximate surface area is 73.2 Å². The number of nitrogens with zero attached hydrogens (tertiary/aromatic N) is 1. The van der Waals surface area contributed by atoms with E-state index in [9.17, 15) is 4.79 Å². The SMILES string of the molecule is CN=C(N)NCC(C)CC(C)=O. The highest BCUT2D eigenvalue weighted by molar-refractivity contribution is 5.78. The number of hydrogen-bond donors (Lipinski definition) is 2. The lowest BCUT2D eigenvalue weighted by atomic mass is 10.1. The first-order valence-corrected chi connectivity index (χ1v) is 4.01. The van der Waals surface area contributed by atoms with Gasteiger partial charge in [0.15, 0.2) is 5.96 Å². The molecule has 0 aromatic rings. The van der Waals surface area contributed by atoms with Crippen molar-refractivity contribution in [3.8, 4) is 0 Å². The Balaban J connectivity index is 3.57. The van der Waals surface area contributed by atoms with Crippen LogP contribution in [0.4, 0.5) is 0 Å². The number of Topliss-reactive ketones (excluding diaryl/α,β-unsaturated/α-hetero) is 1. The molecule has 0 bridgehead atoms. The van der Waals surface area contributed by atoms with Crippen LogP contribution in [-0.4, -0.2) is 25.3 Å². The molecular formula is C8H17N3O. The molecule has 70 valence electrons. The van der Waals surface area contributed by atoms with Crippen LogP contribution in [0.1, 0.15) is 20.3 Å². The second-order valence-electron chi connectivity index (χ2n) is 3.00. The lowest BCUT2D eigenvalue weighted by molar-refractivity contribution is -0.117. The summed E-state index contributed by atoms with van der Waals surface area (Å²) >= 11 is 0. The van der Waals surface area contributed by atoms with Gasteiger partial charge in [-0.3, -0.25) is 4.99 Å². The third kappa shape index (κ3) is 5.70. The van der Waals surface area contributed by atoms with Crippen LogP contribution in [0.25, 0.3) is 0 Å². The minimum Gasteiger partial charge on any atom is -0.370 e. The number of rotatable bonds is 4. The second-order valence-corrected chi connectivity index (χ2v) is 3.00. The van der Waals surface area contributed by atoms with E-state index in [0.29, 0.717) is 24.8 Å². The number of nitrogens with two attached hydrogens (primary N) is 1. The number of nitrogens with one attached hydrogen (secondary N) is 1. The molecule has 0 saturated heterocycles. The molecule has 0 heterocycles. The third-order valence-corrected chi connectivity index (χ3v) is 1.51. The van der Waals surface area contributed by atoms with E-state index in [4.69, 9.17) is 5.73 Å². The summed E-state index contributed by atoms with van der Waals surface area (Å²) in [7, 11) is 1.62. The van der Waals surface area contributed by atoms with Crippen molar-refractivity contribution in [2.45, 2.75) is 20.3 Å². The van der Waals surface area contributed by atoms with Crippen LogP contribution in [0.5, 0.6) is 0 Å². The highest BCUT2D eigenvalue weighted by atomic mass is 16.1. The Hall–Kier alpha value is -1.06. The van der Waals surface area contributed by atoms with E-state index in [2.05, 4.69) is 10.3 Å². The summed E-state index contributed by atoms with van der Waals surface area (Å²) in [4.78, 5) is 14.4. The molecule has 12 heavy (non-hydrogen) atoms. The summed E-state index contributed by atoms with van der Waals surface area (Å²) in [6, 6.07) is 0. The maximum absolute atomic E-state index is 10.7. The van der Waals surface area contributed by atoms with Gasteiger partial charge < -0.3 is 15.8 Å². The van der Waals surface area contributed by atoms with Gasteiger partial charge in [0.05, 0.1) is 0 Å². The molecule has 0 saturated carbocycles. The summed E-state index contributed by atoms with van der Waals surface area (Å²) in [5.41, 5.74) is 5.41. The summed E-state index contributed by atoms with van der Waals surface area (Å²) < 4.78 is 0. The third-order valence-electron chi connectivity index (χ3n) is 1.51. The van der Waals surface area contributed by atoms with Crippen LogP contribution in [0.2, 0.25) is 0 Å². The Morgan fingerprint density at radius 3 is 2.67 bits per heavy atom. The zero-order valence-corrected chi connectivity index (χ0v) is 7.92. The predicted molar refractivity (Wildman–Crippen MR) is 50.0 cm³/mol. The van der Waals surface area contributed by atoms with Gasteiger partial charge in [0.1, 0.15) is 5.78 Å². The van der Waals surface area contributed by atoms with Crippen molar-refractivity contribution in [2.75, 3.05) is 13.6 Å². The zero-order chi connectivity index (χ0) is 9.56. The minimum atomic E-state index is 0.205. The maximum atomic E-state index is 10.7. The number of carbonyl (C=O) groups is 1. The smallest absolute Gasteiger partial charge is 0.188 e. The molecule has 4 nitrogen and oxygen atoms in total. The van der Waals surface area contributed by atoms with Crippen molar-refractivity contribution in [3.05, 3.63) is 0 Å². The quantitative estimate of drug-likeness (QED) is 0.467. The van der Waals surface area contributed by atoms with Gasteiger partial charge in [0, 0.05) is 20.0 Å². The van der Waals surface area contributed by atoms with E-state index in [-0.39, 0.29) is 5.78 Å². The molecule has 1 atom stereocenters. The van der Waals surface area contributed by atoms with Gasteiger partial charge in [-0.15, -0.1) is 0 Å². The number of guanidine groups is 1. The molecule has 0 amide bonds. The Bertz CT molecular complexity index is 177. The molecule has 0 fully saturated rings. The van der Waals surface area contributed by atoms with Gasteiger partial charge in [0.2, 0.25) is 0 Å². The Morgan fingerprint density at radius 1 is 1.67 bits per heavy atom. The van der Waals surface area contributed by atoms with Gasteiger partial charge in [0.25, 0.3) is 0 Å². The number of hydrogen-bond acceptors (Lipinski definition) is 2. The summed E-state index contributed by atoms with van der Waals surface area (Å²) in [6.45, 7) is 4.29. The molecule has 0 radical (unpaired) electrons. The standard InChI is InChI=1S/C8H17N3O/c1-6(4-7(2)12)5-11-8(9)10-3/h6H,4-5H2,1-3H3,(H3,9,10,11). The highest BCUT2D eigenvalue weighted by Gasteiger charge is 2.04. The summed E-state index contributed by atoms with van der Waals surface area (Å²) in [5, 5.41) is 2.91. The average molecular weight is 171 g/mol. The van der Waals surface area contributed by atoms with Gasteiger partial charge in [-0.25, -0.2) is 0 Å². The number of ketones is 1. The summed E-state index contributed by atoms with van der Waals surface area (Å²) in [5.74, 6) is 0.935. The Morgan fingerprint density at radius 2 is 2.25 bits per heavy atom. The largest absolute Gasteiger partial charge is 0.370 e. The molecule has 0 aromatic carbocycles. The van der Waals surface area contributed by atoms with E-state index in [1.807, 2.05) is 6.92 Å². The predicted octanol–water partition coefficient (Wildman–Crippen LogP) is 0.136. The van der Waals surface area contributed by atoms with Crippen LogP contribution in [0.15, 0.2) is 4.99 Å². The number of aliphatic imine (C=N–C) groups is 1. The minimum absolute atomic E-state index is 0.205. The fourth-order valence-electron chi connectivity index (χ4n) is 0.921. The van der Waals surface area contributed by atoms with Crippen molar-refractivity contribution >= 4 is 11.7 Å². The molecule has 0 aliphatic rings. The fraction of sp³-hybridized carbons (Fsp3) is 0.750. The molecule has 0 spiro atoms. The Kier molecular flexibility index (Phi) is 5.08. The molecule has 0 rings (SSSR count). The van der Waals surface area contributed by atoms with Crippen LogP contribution in [0, 0.1) is 5.92 Å². The molecule has 1 unspecified atom stereocenters. The molecule has 3 N–H and O–H groups in total. The molecular weight excluding hydrogens is 154 g/mol. The maximum Gasteiger partial charge on any atom is 0.188 e. The molecule has 0 aromatic heterocycles. The highest BCUT2D eigenvalue weighted by Crippen LogP contribution is 1.99. The first kappa shape index (κ1) is 10.9. The van der Waals surface area contributed by atoms with Crippen molar-refractivity contribution < 1.29 is 4.79 Å². The van der Waals surface area contributed by atoms with Crippen LogP contribution in [0.3, 0.4) is 0 Å². The van der Waals surface area contributed by atoms with E-state index in [0.717, 1.165) is 0 Å². The normalized spacial score (nSPS) is 14.1. The lowest BCUT2D eigenvalue weighted by Gasteiger charge is -2.10. The van der Waals surface area contributed by atoms with Crippen molar-refractivity contribution in [2.24, 2.45) is 16.6 Å². The van der Waals surface area contributed by atoms with Crippen LogP contribution in [-0.2, 0) is 4.79 Å². The van der Waals surface area contributed by atoms with Crippen LogP contribution >= 0.6 is 0 Å². The molecule has 4 heteroatoms. The van der Waals surface area contributed by atoms with Gasteiger partial charge in [-0.2, -0.15) is 0 Å². The van der Waals surface area contributed by atoms with Gasteiger partial charge in [-0.05, 0) is 12.8 Å². The van der Waals surface area contributed by atoms with E-state index < -0.39 is 0 Å². The van der Waals surface area contributed by atoms with Crippen molar-refractivity contribution in [3.63, 3.8) is 0 Å². The molecule has 0 aliphatic heterocycles. The van der Waals surface area contributed by atoms with Crippen molar-refractivity contribution in [1.29, 1.82) is 0 Å². The van der Waals surface area contributed by atoms with Gasteiger partial charge >= 0.3 is 0 Å². The molecule has 0 aliphatic carbocycles. The van der Waals surface area contributed by atoms with E-state index >= 15 is 0 Å². The van der Waals surface area contributed by atoms with E-state index in [1.54, 1.807) is 14.0 Å².